The van der Waals surface area contributed by atoms with E-state index in [-0.39, 0.29) is 10.9 Å². The Hall–Kier alpha value is -2.55. The van der Waals surface area contributed by atoms with Gasteiger partial charge in [-0.2, -0.15) is 8.42 Å². The molecule has 0 fully saturated rings. The molecule has 1 aliphatic heterocycles. The molecular formula is C15H18N4O4S. The highest BCUT2D eigenvalue weighted by molar-refractivity contribution is 7.92. The minimum atomic E-state index is -3.81. The maximum atomic E-state index is 12.5. The van der Waals surface area contributed by atoms with E-state index in [0.29, 0.717) is 29.5 Å². The Morgan fingerprint density at radius 1 is 1.42 bits per heavy atom. The zero-order valence-corrected chi connectivity index (χ0v) is 14.3. The van der Waals surface area contributed by atoms with Crippen LogP contribution in [0, 0.1) is 6.92 Å². The normalized spacial score (nSPS) is 17.0. The zero-order chi connectivity index (χ0) is 17.5. The maximum absolute atomic E-state index is 12.5. The molecule has 2 N–H and O–H groups in total. The number of carbonyl (C=O) groups is 1. The third kappa shape index (κ3) is 2.94. The van der Waals surface area contributed by atoms with E-state index in [1.54, 1.807) is 30.5 Å². The first-order valence-corrected chi connectivity index (χ1v) is 8.96. The smallest absolute Gasteiger partial charge is 0.280 e. The van der Waals surface area contributed by atoms with Gasteiger partial charge in [-0.1, -0.05) is 0 Å². The number of sulfonamides is 1. The van der Waals surface area contributed by atoms with Crippen LogP contribution in [0.5, 0.6) is 5.75 Å². The lowest BCUT2D eigenvalue weighted by atomic mass is 10.2. The fourth-order valence-corrected chi connectivity index (χ4v) is 3.47. The van der Waals surface area contributed by atoms with Gasteiger partial charge in [0, 0.05) is 12.7 Å². The molecule has 128 valence electrons. The van der Waals surface area contributed by atoms with Gasteiger partial charge in [0.2, 0.25) is 0 Å². The molecule has 0 radical (unpaired) electrons. The summed E-state index contributed by atoms with van der Waals surface area (Å²) < 4.78 is 34.6. The van der Waals surface area contributed by atoms with Crippen molar-refractivity contribution in [3.8, 4) is 5.75 Å². The molecule has 1 aromatic heterocycles. The predicted molar refractivity (Wildman–Crippen MR) is 88.6 cm³/mol. The summed E-state index contributed by atoms with van der Waals surface area (Å²) in [5.74, 6) is 0.842. The van der Waals surface area contributed by atoms with Crippen LogP contribution in [0.25, 0.3) is 0 Å². The summed E-state index contributed by atoms with van der Waals surface area (Å²) >= 11 is 0. The predicted octanol–water partition coefficient (Wildman–Crippen LogP) is 1.73. The second kappa shape index (κ2) is 5.82. The van der Waals surface area contributed by atoms with Gasteiger partial charge in [-0.05, 0) is 39.0 Å². The molecule has 0 saturated carbocycles. The van der Waals surface area contributed by atoms with Gasteiger partial charge in [0.25, 0.3) is 15.9 Å². The Bertz CT molecular complexity index is 904. The van der Waals surface area contributed by atoms with Crippen LogP contribution in [-0.2, 0) is 21.4 Å². The Kier molecular flexibility index (Phi) is 3.96. The van der Waals surface area contributed by atoms with Crippen LogP contribution in [0.3, 0.4) is 0 Å². The molecule has 0 aliphatic carbocycles. The van der Waals surface area contributed by atoms with Gasteiger partial charge < -0.3 is 14.6 Å². The number of hydrogen-bond donors (Lipinski definition) is 2. The molecule has 2 aromatic rings. The van der Waals surface area contributed by atoms with Crippen molar-refractivity contribution in [1.82, 2.24) is 9.55 Å². The Balaban J connectivity index is 1.88. The van der Waals surface area contributed by atoms with Crippen LogP contribution in [-0.4, -0.2) is 30.0 Å². The monoisotopic (exact) mass is 350 g/mol. The summed E-state index contributed by atoms with van der Waals surface area (Å²) in [6.07, 6.45) is 0.906. The lowest BCUT2D eigenvalue weighted by molar-refractivity contribution is -0.122. The number of anilines is 2. The molecule has 0 unspecified atom stereocenters. The number of rotatable bonds is 4. The number of aromatic nitrogens is 2. The largest absolute Gasteiger partial charge is 0.479 e. The average Bonchev–Trinajstić information content (AvgIpc) is 2.90. The van der Waals surface area contributed by atoms with Crippen molar-refractivity contribution in [1.29, 1.82) is 0 Å². The molecule has 1 aliphatic rings. The first-order valence-electron chi connectivity index (χ1n) is 7.48. The van der Waals surface area contributed by atoms with Crippen LogP contribution in [0.1, 0.15) is 19.7 Å². The fourth-order valence-electron chi connectivity index (χ4n) is 2.41. The molecule has 1 atom stereocenters. The van der Waals surface area contributed by atoms with Crippen LogP contribution in [0.2, 0.25) is 0 Å². The minimum absolute atomic E-state index is 0.0477. The van der Waals surface area contributed by atoms with Gasteiger partial charge in [0.05, 0.1) is 11.4 Å². The van der Waals surface area contributed by atoms with Crippen molar-refractivity contribution in [2.75, 3.05) is 10.0 Å². The quantitative estimate of drug-likeness (QED) is 0.874. The van der Waals surface area contributed by atoms with Gasteiger partial charge in [-0.25, -0.2) is 4.98 Å². The number of nitrogens with one attached hydrogen (secondary N) is 2. The summed E-state index contributed by atoms with van der Waals surface area (Å²) in [4.78, 5) is 15.7. The molecule has 0 bridgehead atoms. The first kappa shape index (κ1) is 16.3. The van der Waals surface area contributed by atoms with E-state index in [2.05, 4.69) is 15.0 Å². The van der Waals surface area contributed by atoms with Crippen LogP contribution >= 0.6 is 0 Å². The van der Waals surface area contributed by atoms with Crippen LogP contribution < -0.4 is 14.8 Å². The van der Waals surface area contributed by atoms with E-state index in [1.807, 2.05) is 6.92 Å². The highest BCUT2D eigenvalue weighted by Gasteiger charge is 2.25. The third-order valence-corrected chi connectivity index (χ3v) is 4.98. The molecule has 0 saturated heterocycles. The van der Waals surface area contributed by atoms with Crippen molar-refractivity contribution in [3.05, 3.63) is 30.2 Å². The van der Waals surface area contributed by atoms with Crippen molar-refractivity contribution >= 4 is 27.3 Å². The third-order valence-electron chi connectivity index (χ3n) is 3.73. The molecule has 9 heteroatoms. The highest BCUT2D eigenvalue weighted by atomic mass is 32.2. The van der Waals surface area contributed by atoms with Crippen LogP contribution in [0.15, 0.2) is 29.4 Å². The number of nitrogens with zero attached hydrogens (tertiary/aromatic N) is 2. The molecule has 1 aromatic carbocycles. The highest BCUT2D eigenvalue weighted by Crippen LogP contribution is 2.32. The number of fused-ring (bicyclic) bond motifs is 1. The Morgan fingerprint density at radius 2 is 2.17 bits per heavy atom. The summed E-state index contributed by atoms with van der Waals surface area (Å²) in [7, 11) is -3.81. The second-order valence-electron chi connectivity index (χ2n) is 5.48. The summed E-state index contributed by atoms with van der Waals surface area (Å²) in [5, 5.41) is 2.63. The lowest BCUT2D eigenvalue weighted by Crippen LogP contribution is -2.34. The summed E-state index contributed by atoms with van der Waals surface area (Å²) in [6, 6.07) is 4.70. The lowest BCUT2D eigenvalue weighted by Gasteiger charge is -2.23. The van der Waals surface area contributed by atoms with Crippen molar-refractivity contribution < 1.29 is 17.9 Å². The summed E-state index contributed by atoms with van der Waals surface area (Å²) in [5.41, 5.74) is 0.740. The van der Waals surface area contributed by atoms with Crippen molar-refractivity contribution in [2.45, 2.75) is 38.4 Å². The Labute approximate surface area is 139 Å². The molecule has 1 amide bonds. The van der Waals surface area contributed by atoms with E-state index in [9.17, 15) is 13.2 Å². The molecule has 0 spiro atoms. The van der Waals surface area contributed by atoms with Crippen molar-refractivity contribution in [3.63, 3.8) is 0 Å². The van der Waals surface area contributed by atoms with E-state index >= 15 is 0 Å². The number of ether oxygens (including phenoxy) is 1. The van der Waals surface area contributed by atoms with Gasteiger partial charge in [0.1, 0.15) is 11.6 Å². The number of carbonyl (C=O) groups excluding carboxylic acids is 1. The van der Waals surface area contributed by atoms with Crippen LogP contribution in [0.4, 0.5) is 11.4 Å². The molecule has 3 rings (SSSR count). The van der Waals surface area contributed by atoms with E-state index in [1.165, 1.54) is 12.3 Å². The van der Waals surface area contributed by atoms with E-state index in [4.69, 9.17) is 4.74 Å². The van der Waals surface area contributed by atoms with Gasteiger partial charge in [0.15, 0.2) is 11.1 Å². The number of amides is 1. The van der Waals surface area contributed by atoms with E-state index < -0.39 is 16.1 Å². The maximum Gasteiger partial charge on any atom is 0.280 e. The number of hydrogen-bond acceptors (Lipinski definition) is 5. The average molecular weight is 350 g/mol. The standard InChI is InChI=1S/C15H18N4O4S/c1-4-19-8-14(16-10(19)3)24(21,22)18-11-5-6-13-12(7-11)17-15(20)9(2)23-13/h5-9,18H,4H2,1-3H3,(H,17,20)/t9-/m1/s1. The Morgan fingerprint density at radius 3 is 2.83 bits per heavy atom. The molecule has 2 heterocycles. The topological polar surface area (TPSA) is 102 Å². The van der Waals surface area contributed by atoms with Gasteiger partial charge in [-0.15, -0.1) is 0 Å². The zero-order valence-electron chi connectivity index (χ0n) is 13.5. The van der Waals surface area contributed by atoms with Crippen molar-refractivity contribution in [2.24, 2.45) is 0 Å². The first-order chi connectivity index (χ1) is 11.3. The van der Waals surface area contributed by atoms with Gasteiger partial charge >= 0.3 is 0 Å². The van der Waals surface area contributed by atoms with Gasteiger partial charge in [-0.3, -0.25) is 9.52 Å². The molecule has 8 nitrogen and oxygen atoms in total. The second-order valence-corrected chi connectivity index (χ2v) is 7.11. The summed E-state index contributed by atoms with van der Waals surface area (Å²) in [6.45, 7) is 5.93. The molecule has 24 heavy (non-hydrogen) atoms. The fraction of sp³-hybridized carbons (Fsp3) is 0.333. The SMILES string of the molecule is CCn1cc(S(=O)(=O)Nc2ccc3c(c2)NC(=O)[C@@H](C)O3)nc1C. The molecular weight excluding hydrogens is 332 g/mol. The number of aryl methyl sites for hydroxylation is 2. The van der Waals surface area contributed by atoms with E-state index in [0.717, 1.165) is 0 Å². The number of imidazole rings is 1. The number of benzene rings is 1. The minimum Gasteiger partial charge on any atom is -0.479 e.